The summed E-state index contributed by atoms with van der Waals surface area (Å²) in [5.74, 6) is 1.25. The zero-order valence-electron chi connectivity index (χ0n) is 22.4. The van der Waals surface area contributed by atoms with E-state index >= 15 is 0 Å². The van der Waals surface area contributed by atoms with Gasteiger partial charge in [0.05, 0.1) is 11.1 Å². The van der Waals surface area contributed by atoms with Crippen LogP contribution in [0.1, 0.15) is 27.2 Å². The van der Waals surface area contributed by atoms with Crippen LogP contribution in [0.2, 0.25) is 0 Å². The van der Waals surface area contributed by atoms with Crippen molar-refractivity contribution in [3.8, 4) is 11.5 Å². The van der Waals surface area contributed by atoms with Gasteiger partial charge in [-0.05, 0) is 71.8 Å². The van der Waals surface area contributed by atoms with Crippen LogP contribution in [-0.4, -0.2) is 40.6 Å². The number of hydrogen-bond acceptors (Lipinski definition) is 6. The van der Waals surface area contributed by atoms with Gasteiger partial charge in [0.1, 0.15) is 17.3 Å². The SMILES string of the molecule is Fc1ccc(CNCC2C3CN(Cc4ccc(Oc5ccccc5)cc4)CC23)cc1C(F)(F)F.O=C(O)c1cscn1. The number of nitrogens with zero attached hydrogens (tertiary/aromatic N) is 2. The van der Waals surface area contributed by atoms with E-state index in [-0.39, 0.29) is 5.69 Å². The topological polar surface area (TPSA) is 74.7 Å². The van der Waals surface area contributed by atoms with Crippen molar-refractivity contribution < 1.29 is 32.2 Å². The largest absolute Gasteiger partial charge is 0.476 e. The van der Waals surface area contributed by atoms with Crippen LogP contribution >= 0.6 is 11.3 Å². The summed E-state index contributed by atoms with van der Waals surface area (Å²) in [6, 6.07) is 21.1. The van der Waals surface area contributed by atoms with E-state index in [2.05, 4.69) is 27.3 Å². The van der Waals surface area contributed by atoms with E-state index in [1.807, 2.05) is 42.5 Å². The Kier molecular flexibility index (Phi) is 9.20. The minimum atomic E-state index is -4.67. The molecule has 0 spiro atoms. The molecule has 2 heterocycles. The lowest BCUT2D eigenvalue weighted by Gasteiger charge is -2.20. The van der Waals surface area contributed by atoms with E-state index in [0.29, 0.717) is 29.9 Å². The molecule has 4 aromatic rings. The maximum atomic E-state index is 13.4. The van der Waals surface area contributed by atoms with E-state index < -0.39 is 23.5 Å². The monoisotopic (exact) mass is 599 g/mol. The quantitative estimate of drug-likeness (QED) is 0.203. The van der Waals surface area contributed by atoms with Gasteiger partial charge in [0.25, 0.3) is 0 Å². The maximum absolute atomic E-state index is 13.4. The highest BCUT2D eigenvalue weighted by atomic mass is 32.1. The standard InChI is InChI=1S/C27H26F4N2O.C4H3NO2S/c28-26-11-8-19(12-25(26)27(29,30)31)13-32-14-22-23-16-33(17-24(22)23)15-18-6-9-21(10-7-18)34-20-4-2-1-3-5-20;6-4(7)3-1-8-2-5-3/h1-12,22-24,32H,13-17H2;1-2H,(H,6,7). The molecule has 2 unspecified atom stereocenters. The fourth-order valence-electron chi connectivity index (χ4n) is 5.32. The Balaban J connectivity index is 0.000000382. The lowest BCUT2D eigenvalue weighted by Crippen LogP contribution is -2.27. The third-order valence-corrected chi connectivity index (χ3v) is 8.04. The van der Waals surface area contributed by atoms with Gasteiger partial charge in [0, 0.05) is 31.6 Å². The molecule has 6 rings (SSSR count). The summed E-state index contributed by atoms with van der Waals surface area (Å²) in [5, 5.41) is 13.0. The lowest BCUT2D eigenvalue weighted by molar-refractivity contribution is -0.140. The van der Waals surface area contributed by atoms with Gasteiger partial charge in [-0.2, -0.15) is 13.2 Å². The molecule has 6 nitrogen and oxygen atoms in total. The first-order valence-corrected chi connectivity index (χ1v) is 14.3. The number of fused-ring (bicyclic) bond motifs is 1. The number of carboxylic acid groups (broad SMARTS) is 1. The van der Waals surface area contributed by atoms with Crippen molar-refractivity contribution in [2.24, 2.45) is 17.8 Å². The number of likely N-dealkylation sites (tertiary alicyclic amines) is 1. The molecule has 220 valence electrons. The number of carbonyl (C=O) groups is 1. The predicted octanol–water partition coefficient (Wildman–Crippen LogP) is 6.95. The number of ether oxygens (including phenoxy) is 1. The third-order valence-electron chi connectivity index (χ3n) is 7.45. The Morgan fingerprint density at radius 1 is 1.00 bits per heavy atom. The van der Waals surface area contributed by atoms with Crippen molar-refractivity contribution in [3.63, 3.8) is 0 Å². The summed E-state index contributed by atoms with van der Waals surface area (Å²) in [5.41, 5.74) is 2.10. The van der Waals surface area contributed by atoms with Gasteiger partial charge >= 0.3 is 12.1 Å². The molecular formula is C31H29F4N3O3S. The number of piperidine rings is 1. The number of rotatable bonds is 9. The van der Waals surface area contributed by atoms with Crippen LogP contribution in [-0.2, 0) is 19.3 Å². The number of benzene rings is 3. The van der Waals surface area contributed by atoms with Crippen molar-refractivity contribution in [2.75, 3.05) is 19.6 Å². The van der Waals surface area contributed by atoms with Gasteiger partial charge < -0.3 is 15.2 Å². The summed E-state index contributed by atoms with van der Waals surface area (Å²) in [6.45, 7) is 4.05. The minimum absolute atomic E-state index is 0.120. The second kappa shape index (κ2) is 13.0. The number of halogens is 4. The first kappa shape index (κ1) is 29.7. The molecule has 0 bridgehead atoms. The molecule has 42 heavy (non-hydrogen) atoms. The van der Waals surface area contributed by atoms with E-state index in [9.17, 15) is 22.4 Å². The molecular weight excluding hydrogens is 570 g/mol. The van der Waals surface area contributed by atoms with Crippen LogP contribution < -0.4 is 10.1 Å². The average molecular weight is 600 g/mol. The van der Waals surface area contributed by atoms with E-state index in [0.717, 1.165) is 49.8 Å². The number of aromatic carboxylic acids is 1. The number of nitrogens with one attached hydrogen (secondary N) is 1. The zero-order valence-corrected chi connectivity index (χ0v) is 23.2. The summed E-state index contributed by atoms with van der Waals surface area (Å²) < 4.78 is 57.9. The number of aromatic nitrogens is 1. The van der Waals surface area contributed by atoms with Crippen LogP contribution in [0.5, 0.6) is 11.5 Å². The van der Waals surface area contributed by atoms with Crippen molar-refractivity contribution in [2.45, 2.75) is 19.3 Å². The van der Waals surface area contributed by atoms with E-state index in [4.69, 9.17) is 9.84 Å². The van der Waals surface area contributed by atoms with Gasteiger partial charge in [-0.25, -0.2) is 14.2 Å². The Labute approximate surface area is 244 Å². The highest BCUT2D eigenvalue weighted by Crippen LogP contribution is 2.51. The number of para-hydroxylation sites is 1. The number of alkyl halides is 3. The van der Waals surface area contributed by atoms with Gasteiger partial charge in [-0.15, -0.1) is 11.3 Å². The van der Waals surface area contributed by atoms with E-state index in [1.165, 1.54) is 33.9 Å². The summed E-state index contributed by atoms with van der Waals surface area (Å²) in [6.07, 6.45) is -4.67. The maximum Gasteiger partial charge on any atom is 0.419 e. The average Bonchev–Trinajstić information content (AvgIpc) is 3.34. The van der Waals surface area contributed by atoms with Crippen molar-refractivity contribution in [3.05, 3.63) is 112 Å². The van der Waals surface area contributed by atoms with Gasteiger partial charge in [-0.3, -0.25) is 4.90 Å². The smallest absolute Gasteiger partial charge is 0.419 e. The van der Waals surface area contributed by atoms with Crippen molar-refractivity contribution in [1.82, 2.24) is 15.2 Å². The molecule has 3 aromatic carbocycles. The number of thiazole rings is 1. The van der Waals surface area contributed by atoms with Gasteiger partial charge in [0.15, 0.2) is 5.69 Å². The molecule has 2 aliphatic rings. The van der Waals surface area contributed by atoms with Crippen LogP contribution in [0.3, 0.4) is 0 Å². The first-order chi connectivity index (χ1) is 20.2. The van der Waals surface area contributed by atoms with Crippen molar-refractivity contribution >= 4 is 17.3 Å². The Hall–Kier alpha value is -3.80. The molecule has 1 aromatic heterocycles. The van der Waals surface area contributed by atoms with Crippen LogP contribution in [0.15, 0.2) is 83.7 Å². The molecule has 1 aliphatic heterocycles. The fourth-order valence-corrected chi connectivity index (χ4v) is 5.84. The fraction of sp³-hybridized carbons (Fsp3) is 0.290. The molecule has 0 amide bonds. The van der Waals surface area contributed by atoms with Gasteiger partial charge in [-0.1, -0.05) is 36.4 Å². The number of carboxylic acids is 1. The Bertz CT molecular complexity index is 1460. The molecule has 1 saturated carbocycles. The second-order valence-electron chi connectivity index (χ2n) is 10.4. The van der Waals surface area contributed by atoms with Crippen molar-refractivity contribution in [1.29, 1.82) is 0 Å². The highest BCUT2D eigenvalue weighted by Gasteiger charge is 2.54. The lowest BCUT2D eigenvalue weighted by atomic mass is 10.1. The predicted molar refractivity (Wildman–Crippen MR) is 151 cm³/mol. The third kappa shape index (κ3) is 7.72. The zero-order chi connectivity index (χ0) is 29.7. The molecule has 2 atom stereocenters. The Morgan fingerprint density at radius 2 is 1.67 bits per heavy atom. The molecule has 11 heteroatoms. The molecule has 2 fully saturated rings. The summed E-state index contributed by atoms with van der Waals surface area (Å²) in [4.78, 5) is 16.0. The number of hydrogen-bond donors (Lipinski definition) is 2. The minimum Gasteiger partial charge on any atom is -0.476 e. The first-order valence-electron chi connectivity index (χ1n) is 13.4. The van der Waals surface area contributed by atoms with E-state index in [1.54, 1.807) is 0 Å². The normalized spacial score (nSPS) is 19.5. The Morgan fingerprint density at radius 3 is 2.26 bits per heavy atom. The molecule has 1 saturated heterocycles. The van der Waals surface area contributed by atoms with Crippen LogP contribution in [0.4, 0.5) is 17.6 Å². The highest BCUT2D eigenvalue weighted by molar-refractivity contribution is 7.07. The molecule has 2 N–H and O–H groups in total. The molecule has 0 radical (unpaired) electrons. The van der Waals surface area contributed by atoms with Crippen LogP contribution in [0, 0.1) is 23.6 Å². The van der Waals surface area contributed by atoms with Gasteiger partial charge in [0.2, 0.25) is 0 Å². The molecule has 1 aliphatic carbocycles. The summed E-state index contributed by atoms with van der Waals surface area (Å²) >= 11 is 1.28. The second-order valence-corrected chi connectivity index (χ2v) is 11.1. The summed E-state index contributed by atoms with van der Waals surface area (Å²) in [7, 11) is 0. The van der Waals surface area contributed by atoms with Crippen LogP contribution in [0.25, 0.3) is 0 Å².